The molecule has 1 aromatic heterocycles. The van der Waals surface area contributed by atoms with Gasteiger partial charge >= 0.3 is 0 Å². The Bertz CT molecular complexity index is 496. The summed E-state index contributed by atoms with van der Waals surface area (Å²) in [7, 11) is 5.95. The highest BCUT2D eigenvalue weighted by Crippen LogP contribution is 2.25. The van der Waals surface area contributed by atoms with Crippen LogP contribution in [0.15, 0.2) is 18.5 Å². The van der Waals surface area contributed by atoms with Crippen LogP contribution in [0, 0.1) is 6.92 Å². The lowest BCUT2D eigenvalue weighted by Gasteiger charge is -2.31. The topological polar surface area (TPSA) is 41.4 Å². The van der Waals surface area contributed by atoms with Crippen LogP contribution in [-0.4, -0.2) is 59.4 Å². The Kier molecular flexibility index (Phi) is 4.60. The summed E-state index contributed by atoms with van der Waals surface area (Å²) in [6.45, 7) is 4.12. The van der Waals surface area contributed by atoms with Gasteiger partial charge in [0.05, 0.1) is 6.20 Å². The lowest BCUT2D eigenvalue weighted by molar-refractivity contribution is 0.103. The summed E-state index contributed by atoms with van der Waals surface area (Å²) >= 11 is 0. The van der Waals surface area contributed by atoms with Crippen molar-refractivity contribution in [3.8, 4) is 0 Å². The fourth-order valence-electron chi connectivity index (χ4n) is 2.65. The van der Waals surface area contributed by atoms with Crippen LogP contribution in [0.3, 0.4) is 0 Å². The first kappa shape index (κ1) is 14.8. The number of imidazole rings is 1. The third-order valence-electron chi connectivity index (χ3n) is 3.81. The molecule has 0 bridgehead atoms. The second-order valence-electron chi connectivity index (χ2n) is 5.74. The molecule has 0 N–H and O–H groups in total. The van der Waals surface area contributed by atoms with Gasteiger partial charge in [-0.3, -0.25) is 4.79 Å². The number of aryl methyl sites for hydroxylation is 1. The van der Waals surface area contributed by atoms with E-state index in [1.807, 2.05) is 25.9 Å². The fraction of sp³-hybridized carbons (Fsp3) is 0.600. The van der Waals surface area contributed by atoms with Gasteiger partial charge in [-0.05, 0) is 39.9 Å². The number of ketones is 1. The molecule has 0 saturated carbocycles. The van der Waals surface area contributed by atoms with E-state index in [2.05, 4.69) is 21.5 Å². The Morgan fingerprint density at radius 1 is 1.40 bits per heavy atom. The van der Waals surface area contributed by atoms with Crippen LogP contribution in [0.5, 0.6) is 0 Å². The molecule has 0 aromatic carbocycles. The predicted molar refractivity (Wildman–Crippen MR) is 79.9 cm³/mol. The third kappa shape index (κ3) is 3.28. The van der Waals surface area contributed by atoms with Crippen molar-refractivity contribution >= 4 is 5.78 Å². The molecule has 1 aliphatic heterocycles. The van der Waals surface area contributed by atoms with Crippen LogP contribution in [0.4, 0.5) is 0 Å². The number of carbonyl (C=O) groups is 1. The molecule has 110 valence electrons. The lowest BCUT2D eigenvalue weighted by Crippen LogP contribution is -2.32. The van der Waals surface area contributed by atoms with Gasteiger partial charge in [-0.1, -0.05) is 0 Å². The molecule has 0 spiro atoms. The predicted octanol–water partition coefficient (Wildman–Crippen LogP) is 1.72. The van der Waals surface area contributed by atoms with Crippen molar-refractivity contribution in [1.82, 2.24) is 19.4 Å². The van der Waals surface area contributed by atoms with E-state index in [-0.39, 0.29) is 5.78 Å². The van der Waals surface area contributed by atoms with Crippen LogP contribution in [0.25, 0.3) is 0 Å². The van der Waals surface area contributed by atoms with Gasteiger partial charge in [-0.25, -0.2) is 4.98 Å². The van der Waals surface area contributed by atoms with E-state index in [9.17, 15) is 4.79 Å². The molecule has 1 aliphatic rings. The largest absolute Gasteiger partial charge is 0.383 e. The number of likely N-dealkylation sites (tertiary alicyclic amines) is 1. The van der Waals surface area contributed by atoms with E-state index in [0.717, 1.165) is 31.8 Å². The van der Waals surface area contributed by atoms with Crippen molar-refractivity contribution in [3.05, 3.63) is 30.0 Å². The maximum Gasteiger partial charge on any atom is 0.205 e. The quantitative estimate of drug-likeness (QED) is 0.620. The number of hydrogen-bond donors (Lipinski definition) is 0. The molecule has 5 nitrogen and oxygen atoms in total. The zero-order valence-corrected chi connectivity index (χ0v) is 12.8. The van der Waals surface area contributed by atoms with E-state index in [0.29, 0.717) is 11.7 Å². The van der Waals surface area contributed by atoms with Gasteiger partial charge in [0.25, 0.3) is 0 Å². The first-order valence-corrected chi connectivity index (χ1v) is 7.10. The molecule has 1 saturated heterocycles. The minimum absolute atomic E-state index is 0.0261. The Hall–Kier alpha value is -1.62. The number of piperidine rings is 1. The molecule has 0 aliphatic carbocycles. The van der Waals surface area contributed by atoms with E-state index in [1.165, 1.54) is 0 Å². The Labute approximate surface area is 120 Å². The molecular weight excluding hydrogens is 252 g/mol. The van der Waals surface area contributed by atoms with E-state index < -0.39 is 0 Å². The van der Waals surface area contributed by atoms with Crippen LogP contribution < -0.4 is 0 Å². The first-order valence-electron chi connectivity index (χ1n) is 7.10. The number of aromatic nitrogens is 2. The average Bonchev–Trinajstić information content (AvgIpc) is 2.79. The summed E-state index contributed by atoms with van der Waals surface area (Å²) in [5, 5.41) is 0. The lowest BCUT2D eigenvalue weighted by atomic mass is 10.0. The van der Waals surface area contributed by atoms with Gasteiger partial charge < -0.3 is 14.4 Å². The maximum atomic E-state index is 12.3. The van der Waals surface area contributed by atoms with E-state index >= 15 is 0 Å². The zero-order chi connectivity index (χ0) is 14.7. The van der Waals surface area contributed by atoms with E-state index in [4.69, 9.17) is 0 Å². The minimum Gasteiger partial charge on any atom is -0.383 e. The highest BCUT2D eigenvalue weighted by Gasteiger charge is 2.23. The van der Waals surface area contributed by atoms with Gasteiger partial charge in [-0.15, -0.1) is 0 Å². The fourth-order valence-corrected chi connectivity index (χ4v) is 2.65. The summed E-state index contributed by atoms with van der Waals surface area (Å²) in [6, 6.07) is 0.389. The highest BCUT2D eigenvalue weighted by molar-refractivity contribution is 6.03. The molecule has 1 fully saturated rings. The molecular formula is C15H24N4O. The number of allylic oxidation sites excluding steroid dienone is 1. The molecule has 0 unspecified atom stereocenters. The molecule has 1 aromatic rings. The Morgan fingerprint density at radius 2 is 2.05 bits per heavy atom. The normalized spacial score (nSPS) is 17.8. The van der Waals surface area contributed by atoms with Crippen LogP contribution in [0.1, 0.15) is 35.2 Å². The summed E-state index contributed by atoms with van der Waals surface area (Å²) in [5.41, 5.74) is 0.704. The summed E-state index contributed by atoms with van der Waals surface area (Å²) < 4.78 is 2.12. The molecule has 2 heterocycles. The van der Waals surface area contributed by atoms with Crippen molar-refractivity contribution in [2.45, 2.75) is 25.8 Å². The summed E-state index contributed by atoms with van der Waals surface area (Å²) in [4.78, 5) is 20.8. The zero-order valence-electron chi connectivity index (χ0n) is 12.8. The molecule has 20 heavy (non-hydrogen) atoms. The van der Waals surface area contributed by atoms with Crippen molar-refractivity contribution in [2.24, 2.45) is 0 Å². The van der Waals surface area contributed by atoms with Gasteiger partial charge in [0.15, 0.2) is 0 Å². The van der Waals surface area contributed by atoms with Crippen LogP contribution in [-0.2, 0) is 0 Å². The van der Waals surface area contributed by atoms with Crippen molar-refractivity contribution in [1.29, 1.82) is 0 Å². The highest BCUT2D eigenvalue weighted by atomic mass is 16.1. The van der Waals surface area contributed by atoms with Gasteiger partial charge in [0.1, 0.15) is 11.5 Å². The van der Waals surface area contributed by atoms with Crippen molar-refractivity contribution in [2.75, 3.05) is 34.2 Å². The number of rotatable bonds is 4. The molecule has 0 atom stereocenters. The van der Waals surface area contributed by atoms with Crippen molar-refractivity contribution in [3.63, 3.8) is 0 Å². The maximum absolute atomic E-state index is 12.3. The molecule has 2 rings (SSSR count). The molecule has 0 amide bonds. The summed E-state index contributed by atoms with van der Waals surface area (Å²) in [5.74, 6) is 0.958. The first-order chi connectivity index (χ1) is 9.49. The number of nitrogens with zero attached hydrogens (tertiary/aromatic N) is 4. The van der Waals surface area contributed by atoms with E-state index in [1.54, 1.807) is 18.5 Å². The van der Waals surface area contributed by atoms with Gasteiger partial charge in [0.2, 0.25) is 5.78 Å². The van der Waals surface area contributed by atoms with Gasteiger partial charge in [0, 0.05) is 32.4 Å². The Balaban J connectivity index is 2.21. The average molecular weight is 276 g/mol. The minimum atomic E-state index is 0.0261. The monoisotopic (exact) mass is 276 g/mol. The molecule has 0 radical (unpaired) electrons. The SMILES string of the molecule is Cc1ncc(C(=O)/C=C/N(C)C)n1C1CCN(C)CC1. The van der Waals surface area contributed by atoms with Crippen LogP contribution >= 0.6 is 0 Å². The number of hydrogen-bond acceptors (Lipinski definition) is 4. The van der Waals surface area contributed by atoms with Crippen LogP contribution in [0.2, 0.25) is 0 Å². The molecule has 5 heteroatoms. The standard InChI is InChI=1S/C15H24N4O/c1-12-16-11-14(15(20)7-8-17(2)3)19(12)13-5-9-18(4)10-6-13/h7-8,11,13H,5-6,9-10H2,1-4H3/b8-7+. The number of carbonyl (C=O) groups excluding carboxylic acids is 1. The van der Waals surface area contributed by atoms with Gasteiger partial charge in [-0.2, -0.15) is 0 Å². The third-order valence-corrected chi connectivity index (χ3v) is 3.81. The Morgan fingerprint density at radius 3 is 2.65 bits per heavy atom. The smallest absolute Gasteiger partial charge is 0.205 e. The summed E-state index contributed by atoms with van der Waals surface area (Å²) in [6.07, 6.45) is 7.25. The second-order valence-corrected chi connectivity index (χ2v) is 5.74. The second kappa shape index (κ2) is 6.22. The van der Waals surface area contributed by atoms with Crippen molar-refractivity contribution < 1.29 is 4.79 Å².